The standard InChI is InChI=1S/C18H16BrN3O2/c1-2-6-16-20-15-10-4-3-9-14(15)18(24)22(16)21-17(23)12-7-5-8-13(19)11-12/h2-11,16,20H,1H3,(H,21,23)/b6-2+. The molecule has 1 aliphatic rings. The van der Waals surface area contributed by atoms with E-state index in [1.54, 1.807) is 30.3 Å². The number of para-hydroxylation sites is 1. The van der Waals surface area contributed by atoms with Gasteiger partial charge >= 0.3 is 0 Å². The lowest BCUT2D eigenvalue weighted by Crippen LogP contribution is -2.56. The molecule has 122 valence electrons. The molecule has 3 rings (SSSR count). The zero-order chi connectivity index (χ0) is 17.1. The zero-order valence-corrected chi connectivity index (χ0v) is 14.6. The molecule has 0 bridgehead atoms. The predicted molar refractivity (Wildman–Crippen MR) is 96.4 cm³/mol. The molecule has 6 heteroatoms. The minimum Gasteiger partial charge on any atom is -0.360 e. The predicted octanol–water partition coefficient (Wildman–Crippen LogP) is 3.56. The van der Waals surface area contributed by atoms with Gasteiger partial charge in [0.25, 0.3) is 11.8 Å². The molecule has 0 aromatic heterocycles. The summed E-state index contributed by atoms with van der Waals surface area (Å²) in [7, 11) is 0. The zero-order valence-electron chi connectivity index (χ0n) is 13.0. The third kappa shape index (κ3) is 3.19. The van der Waals surface area contributed by atoms with E-state index in [-0.39, 0.29) is 11.8 Å². The van der Waals surface area contributed by atoms with Gasteiger partial charge in [-0.2, -0.15) is 0 Å². The van der Waals surface area contributed by atoms with Crippen LogP contribution in [0.5, 0.6) is 0 Å². The number of fused-ring (bicyclic) bond motifs is 1. The number of nitrogens with one attached hydrogen (secondary N) is 2. The van der Waals surface area contributed by atoms with Crippen LogP contribution in [0.25, 0.3) is 0 Å². The lowest BCUT2D eigenvalue weighted by molar-refractivity contribution is 0.0535. The summed E-state index contributed by atoms with van der Waals surface area (Å²) < 4.78 is 0.800. The van der Waals surface area contributed by atoms with Crippen molar-refractivity contribution in [3.63, 3.8) is 0 Å². The van der Waals surface area contributed by atoms with Crippen LogP contribution in [0.15, 0.2) is 65.2 Å². The van der Waals surface area contributed by atoms with E-state index in [1.807, 2.05) is 37.3 Å². The molecule has 1 heterocycles. The van der Waals surface area contributed by atoms with Gasteiger partial charge in [0.15, 0.2) is 0 Å². The number of anilines is 1. The molecule has 1 atom stereocenters. The summed E-state index contributed by atoms with van der Waals surface area (Å²) in [6, 6.07) is 14.2. The normalized spacial score (nSPS) is 16.7. The third-order valence-corrected chi connectivity index (χ3v) is 4.13. The van der Waals surface area contributed by atoms with Crippen molar-refractivity contribution in [2.75, 3.05) is 5.32 Å². The molecule has 1 unspecified atom stereocenters. The molecule has 2 amide bonds. The van der Waals surface area contributed by atoms with Crippen LogP contribution in [0.3, 0.4) is 0 Å². The molecule has 0 aliphatic carbocycles. The molecule has 1 aliphatic heterocycles. The van der Waals surface area contributed by atoms with E-state index in [0.29, 0.717) is 11.1 Å². The van der Waals surface area contributed by atoms with Crippen LogP contribution in [0.1, 0.15) is 27.6 Å². The van der Waals surface area contributed by atoms with Gasteiger partial charge in [0.1, 0.15) is 6.17 Å². The second kappa shape index (κ2) is 6.88. The highest BCUT2D eigenvalue weighted by atomic mass is 79.9. The quantitative estimate of drug-likeness (QED) is 0.793. The molecule has 2 aromatic rings. The van der Waals surface area contributed by atoms with E-state index in [1.165, 1.54) is 5.01 Å². The largest absolute Gasteiger partial charge is 0.360 e. The van der Waals surface area contributed by atoms with E-state index in [2.05, 4.69) is 26.7 Å². The van der Waals surface area contributed by atoms with E-state index in [4.69, 9.17) is 0 Å². The Hall–Kier alpha value is -2.60. The summed E-state index contributed by atoms with van der Waals surface area (Å²) in [4.78, 5) is 25.3. The molecule has 2 aromatic carbocycles. The van der Waals surface area contributed by atoms with Gasteiger partial charge in [0.05, 0.1) is 5.56 Å². The summed E-state index contributed by atoms with van der Waals surface area (Å²) in [6.45, 7) is 1.86. The molecule has 0 fully saturated rings. The van der Waals surface area contributed by atoms with Crippen molar-refractivity contribution in [1.82, 2.24) is 10.4 Å². The van der Waals surface area contributed by atoms with Crippen molar-refractivity contribution in [3.8, 4) is 0 Å². The second-order valence-electron chi connectivity index (χ2n) is 5.29. The van der Waals surface area contributed by atoms with Crippen LogP contribution in [-0.4, -0.2) is 23.0 Å². The van der Waals surface area contributed by atoms with E-state index in [9.17, 15) is 9.59 Å². The molecule has 24 heavy (non-hydrogen) atoms. The van der Waals surface area contributed by atoms with Crippen molar-refractivity contribution >= 4 is 33.4 Å². The number of benzene rings is 2. The highest BCUT2D eigenvalue weighted by molar-refractivity contribution is 9.10. The Balaban J connectivity index is 1.90. The number of halogens is 1. The van der Waals surface area contributed by atoms with E-state index >= 15 is 0 Å². The van der Waals surface area contributed by atoms with Gasteiger partial charge < -0.3 is 5.32 Å². The molecular weight excluding hydrogens is 370 g/mol. The minimum absolute atomic E-state index is 0.254. The Morgan fingerprint density at radius 3 is 2.79 bits per heavy atom. The Bertz CT molecular complexity index is 819. The van der Waals surface area contributed by atoms with Gasteiger partial charge in [-0.25, -0.2) is 5.01 Å². The summed E-state index contributed by atoms with van der Waals surface area (Å²) >= 11 is 3.34. The summed E-state index contributed by atoms with van der Waals surface area (Å²) in [5.41, 5.74) is 4.44. The first-order valence-electron chi connectivity index (χ1n) is 7.48. The van der Waals surface area contributed by atoms with Crippen molar-refractivity contribution in [3.05, 3.63) is 76.3 Å². The first-order chi connectivity index (χ1) is 11.6. The Labute approximate surface area is 148 Å². The fourth-order valence-corrected chi connectivity index (χ4v) is 2.92. The van der Waals surface area contributed by atoms with Crippen LogP contribution in [0, 0.1) is 0 Å². The second-order valence-corrected chi connectivity index (χ2v) is 6.20. The number of hydrogen-bond acceptors (Lipinski definition) is 3. The van der Waals surface area contributed by atoms with Gasteiger partial charge in [0.2, 0.25) is 0 Å². The number of rotatable bonds is 3. The SMILES string of the molecule is C/C=C/C1Nc2ccccc2C(=O)N1NC(=O)c1cccc(Br)c1. The fraction of sp³-hybridized carbons (Fsp3) is 0.111. The molecule has 0 radical (unpaired) electrons. The fourth-order valence-electron chi connectivity index (χ4n) is 2.52. The number of nitrogens with zero attached hydrogens (tertiary/aromatic N) is 1. The van der Waals surface area contributed by atoms with Crippen molar-refractivity contribution < 1.29 is 9.59 Å². The van der Waals surface area contributed by atoms with Crippen LogP contribution in [-0.2, 0) is 0 Å². The first kappa shape index (κ1) is 16.3. The number of hydrogen-bond donors (Lipinski definition) is 2. The molecule has 2 N–H and O–H groups in total. The number of carbonyl (C=O) groups excluding carboxylic acids is 2. The van der Waals surface area contributed by atoms with Crippen LogP contribution in [0.2, 0.25) is 0 Å². The van der Waals surface area contributed by atoms with Gasteiger partial charge in [-0.3, -0.25) is 15.0 Å². The van der Waals surface area contributed by atoms with Crippen LogP contribution < -0.4 is 10.7 Å². The number of amides is 2. The first-order valence-corrected chi connectivity index (χ1v) is 8.28. The van der Waals surface area contributed by atoms with Crippen LogP contribution >= 0.6 is 15.9 Å². The minimum atomic E-state index is -0.450. The maximum atomic E-state index is 12.8. The highest BCUT2D eigenvalue weighted by Crippen LogP contribution is 2.24. The van der Waals surface area contributed by atoms with Crippen molar-refractivity contribution in [2.24, 2.45) is 0 Å². The van der Waals surface area contributed by atoms with Gasteiger partial charge in [-0.15, -0.1) is 0 Å². The topological polar surface area (TPSA) is 61.4 Å². The summed E-state index contributed by atoms with van der Waals surface area (Å²) in [6.07, 6.45) is 3.19. The number of hydrazine groups is 1. The number of allylic oxidation sites excluding steroid dienone is 1. The molecular formula is C18H16BrN3O2. The number of carbonyl (C=O) groups is 2. The van der Waals surface area contributed by atoms with Crippen LogP contribution in [0.4, 0.5) is 5.69 Å². The average molecular weight is 386 g/mol. The van der Waals surface area contributed by atoms with Gasteiger partial charge in [-0.1, -0.05) is 40.2 Å². The molecule has 5 nitrogen and oxygen atoms in total. The molecule has 0 saturated heterocycles. The maximum absolute atomic E-state index is 12.8. The Morgan fingerprint density at radius 1 is 1.25 bits per heavy atom. The smallest absolute Gasteiger partial charge is 0.276 e. The monoisotopic (exact) mass is 385 g/mol. The Morgan fingerprint density at radius 2 is 2.04 bits per heavy atom. The molecule has 0 saturated carbocycles. The van der Waals surface area contributed by atoms with Gasteiger partial charge in [0, 0.05) is 15.7 Å². The molecule has 0 spiro atoms. The maximum Gasteiger partial charge on any atom is 0.276 e. The highest BCUT2D eigenvalue weighted by Gasteiger charge is 2.31. The lowest BCUT2D eigenvalue weighted by atomic mass is 10.1. The van der Waals surface area contributed by atoms with E-state index < -0.39 is 6.17 Å². The van der Waals surface area contributed by atoms with E-state index in [0.717, 1.165) is 10.2 Å². The third-order valence-electron chi connectivity index (χ3n) is 3.64. The van der Waals surface area contributed by atoms with Crippen molar-refractivity contribution in [2.45, 2.75) is 13.1 Å². The summed E-state index contributed by atoms with van der Waals surface area (Å²) in [5.74, 6) is -0.601. The van der Waals surface area contributed by atoms with Crippen molar-refractivity contribution in [1.29, 1.82) is 0 Å². The average Bonchev–Trinajstić information content (AvgIpc) is 2.58. The summed E-state index contributed by atoms with van der Waals surface area (Å²) in [5, 5.41) is 4.55. The van der Waals surface area contributed by atoms with Gasteiger partial charge in [-0.05, 0) is 43.3 Å². The Kier molecular flexibility index (Phi) is 4.66. The lowest BCUT2D eigenvalue weighted by Gasteiger charge is -2.36.